The van der Waals surface area contributed by atoms with Crippen molar-refractivity contribution in [3.05, 3.63) is 89.1 Å². The van der Waals surface area contributed by atoms with E-state index in [1.165, 1.54) is 31.2 Å². The average molecular weight is 450 g/mol. The van der Waals surface area contributed by atoms with E-state index < -0.39 is 6.04 Å². The Morgan fingerprint density at radius 3 is 2.38 bits per heavy atom. The van der Waals surface area contributed by atoms with Gasteiger partial charge in [0.15, 0.2) is 10.9 Å². The number of ketones is 1. The van der Waals surface area contributed by atoms with Gasteiger partial charge in [0.25, 0.3) is 5.91 Å². The van der Waals surface area contributed by atoms with E-state index in [0.29, 0.717) is 39.2 Å². The highest BCUT2D eigenvalue weighted by Gasteiger charge is 2.32. The lowest BCUT2D eigenvalue weighted by molar-refractivity contribution is -0.113. The Bertz CT molecular complexity index is 1230. The monoisotopic (exact) mass is 449 g/mol. The van der Waals surface area contributed by atoms with Crippen LogP contribution in [0.15, 0.2) is 76.4 Å². The SMILES string of the molecule is CC(=O)c1ccc(-c2ccc([C@H]3NC(=S)NC(C)=C3C(=O)Nc3ccc(F)cc3)o2)cc1. The number of hydrogen-bond donors (Lipinski definition) is 3. The fourth-order valence-corrected chi connectivity index (χ4v) is 3.74. The Kier molecular flexibility index (Phi) is 5.87. The number of Topliss-reactive ketones (excluding diaryl/α,β-unsaturated/α-hetero) is 1. The smallest absolute Gasteiger partial charge is 0.255 e. The van der Waals surface area contributed by atoms with Gasteiger partial charge in [0.05, 0.1) is 5.57 Å². The minimum Gasteiger partial charge on any atom is -0.459 e. The second-order valence-corrected chi connectivity index (χ2v) is 7.77. The number of anilines is 1. The molecule has 1 aliphatic heterocycles. The van der Waals surface area contributed by atoms with Gasteiger partial charge in [0.1, 0.15) is 23.4 Å². The third-order valence-electron chi connectivity index (χ3n) is 5.10. The van der Waals surface area contributed by atoms with Crippen LogP contribution in [0.1, 0.15) is 36.0 Å². The van der Waals surface area contributed by atoms with Crippen molar-refractivity contribution in [3.8, 4) is 11.3 Å². The van der Waals surface area contributed by atoms with E-state index in [1.54, 1.807) is 31.2 Å². The summed E-state index contributed by atoms with van der Waals surface area (Å²) in [6.07, 6.45) is 0. The van der Waals surface area contributed by atoms with Gasteiger partial charge in [0, 0.05) is 22.5 Å². The third kappa shape index (κ3) is 4.45. The number of thiocarbonyl (C=S) groups is 1. The van der Waals surface area contributed by atoms with Crippen LogP contribution in [0.4, 0.5) is 10.1 Å². The van der Waals surface area contributed by atoms with Crippen molar-refractivity contribution in [3.63, 3.8) is 0 Å². The van der Waals surface area contributed by atoms with Crippen LogP contribution in [0, 0.1) is 5.82 Å². The number of furan rings is 1. The van der Waals surface area contributed by atoms with Crippen molar-refractivity contribution in [2.24, 2.45) is 0 Å². The van der Waals surface area contributed by atoms with E-state index in [2.05, 4.69) is 16.0 Å². The van der Waals surface area contributed by atoms with Gasteiger partial charge >= 0.3 is 0 Å². The number of carbonyl (C=O) groups excluding carboxylic acids is 2. The summed E-state index contributed by atoms with van der Waals surface area (Å²) in [6.45, 7) is 3.27. The molecule has 3 aromatic rings. The Morgan fingerprint density at radius 1 is 1.03 bits per heavy atom. The average Bonchev–Trinajstić information content (AvgIpc) is 3.25. The van der Waals surface area contributed by atoms with Crippen molar-refractivity contribution in [1.82, 2.24) is 10.6 Å². The third-order valence-corrected chi connectivity index (χ3v) is 5.32. The highest BCUT2D eigenvalue weighted by molar-refractivity contribution is 7.80. The Labute approximate surface area is 189 Å². The number of amides is 1. The molecule has 3 N–H and O–H groups in total. The lowest BCUT2D eigenvalue weighted by atomic mass is 10.00. The summed E-state index contributed by atoms with van der Waals surface area (Å²) < 4.78 is 19.2. The first-order valence-corrected chi connectivity index (χ1v) is 10.3. The van der Waals surface area contributed by atoms with Crippen LogP contribution in [0.5, 0.6) is 0 Å². The summed E-state index contributed by atoms with van der Waals surface area (Å²) in [5.74, 6) is 0.328. The predicted octanol–water partition coefficient (Wildman–Crippen LogP) is 4.72. The maximum Gasteiger partial charge on any atom is 0.255 e. The Hall–Kier alpha value is -3.78. The molecule has 0 unspecified atom stereocenters. The van der Waals surface area contributed by atoms with Crippen LogP contribution in [0.25, 0.3) is 11.3 Å². The number of rotatable bonds is 5. The molecule has 0 aliphatic carbocycles. The van der Waals surface area contributed by atoms with E-state index in [-0.39, 0.29) is 17.5 Å². The van der Waals surface area contributed by atoms with Crippen molar-refractivity contribution in [2.45, 2.75) is 19.9 Å². The molecule has 1 aliphatic rings. The van der Waals surface area contributed by atoms with Crippen molar-refractivity contribution in [2.75, 3.05) is 5.32 Å². The molecule has 0 bridgehead atoms. The second kappa shape index (κ2) is 8.76. The van der Waals surface area contributed by atoms with Crippen molar-refractivity contribution < 1.29 is 18.4 Å². The van der Waals surface area contributed by atoms with E-state index in [0.717, 1.165) is 5.56 Å². The zero-order valence-corrected chi connectivity index (χ0v) is 18.2. The predicted molar refractivity (Wildman–Crippen MR) is 123 cm³/mol. The molecule has 2 aromatic carbocycles. The van der Waals surface area contributed by atoms with Gasteiger partial charge in [-0.15, -0.1) is 0 Å². The van der Waals surface area contributed by atoms with E-state index in [4.69, 9.17) is 16.6 Å². The summed E-state index contributed by atoms with van der Waals surface area (Å²) in [5, 5.41) is 9.20. The Morgan fingerprint density at radius 2 is 1.72 bits per heavy atom. The van der Waals surface area contributed by atoms with E-state index >= 15 is 0 Å². The molecule has 0 radical (unpaired) electrons. The molecule has 0 spiro atoms. The maximum absolute atomic E-state index is 13.2. The molecule has 0 saturated heterocycles. The minimum absolute atomic E-state index is 0.0125. The molecular weight excluding hydrogens is 429 g/mol. The van der Waals surface area contributed by atoms with Crippen LogP contribution >= 0.6 is 12.2 Å². The zero-order valence-electron chi connectivity index (χ0n) is 17.4. The first kappa shape index (κ1) is 21.5. The number of carbonyl (C=O) groups is 2. The Balaban J connectivity index is 1.62. The maximum atomic E-state index is 13.2. The fraction of sp³-hybridized carbons (Fsp3) is 0.125. The van der Waals surface area contributed by atoms with Gasteiger partial charge in [-0.3, -0.25) is 9.59 Å². The number of halogens is 1. The van der Waals surface area contributed by atoms with Gasteiger partial charge in [0.2, 0.25) is 0 Å². The van der Waals surface area contributed by atoms with E-state index in [9.17, 15) is 14.0 Å². The topological polar surface area (TPSA) is 83.4 Å². The quantitative estimate of drug-likeness (QED) is 0.386. The zero-order chi connectivity index (χ0) is 22.8. The fourth-order valence-electron chi connectivity index (χ4n) is 3.47. The van der Waals surface area contributed by atoms with Gasteiger partial charge in [-0.05, 0) is 62.5 Å². The molecule has 1 aromatic heterocycles. The van der Waals surface area contributed by atoms with E-state index in [1.807, 2.05) is 12.1 Å². The van der Waals surface area contributed by atoms with Crippen LogP contribution in [0.3, 0.4) is 0 Å². The molecule has 1 amide bonds. The number of hydrogen-bond acceptors (Lipinski definition) is 4. The summed E-state index contributed by atoms with van der Waals surface area (Å²) in [5.41, 5.74) is 2.87. The number of allylic oxidation sites excluding steroid dienone is 1. The summed E-state index contributed by atoms with van der Waals surface area (Å²) in [4.78, 5) is 24.6. The highest BCUT2D eigenvalue weighted by atomic mass is 32.1. The van der Waals surface area contributed by atoms with Crippen LogP contribution in [-0.2, 0) is 4.79 Å². The molecule has 8 heteroatoms. The lowest BCUT2D eigenvalue weighted by Crippen LogP contribution is -2.45. The molecule has 2 heterocycles. The molecule has 6 nitrogen and oxygen atoms in total. The molecule has 0 fully saturated rings. The van der Waals surface area contributed by atoms with Gasteiger partial charge in [-0.2, -0.15) is 0 Å². The number of benzene rings is 2. The van der Waals surface area contributed by atoms with Crippen molar-refractivity contribution in [1.29, 1.82) is 0 Å². The molecule has 32 heavy (non-hydrogen) atoms. The molecule has 1 atom stereocenters. The molecule has 162 valence electrons. The largest absolute Gasteiger partial charge is 0.459 e. The molecular formula is C24H20FN3O3S. The second-order valence-electron chi connectivity index (χ2n) is 7.37. The summed E-state index contributed by atoms with van der Waals surface area (Å²) >= 11 is 5.28. The van der Waals surface area contributed by atoms with Crippen LogP contribution in [0.2, 0.25) is 0 Å². The van der Waals surface area contributed by atoms with Crippen LogP contribution in [-0.4, -0.2) is 16.8 Å². The molecule has 4 rings (SSSR count). The van der Waals surface area contributed by atoms with Gasteiger partial charge < -0.3 is 20.4 Å². The van der Waals surface area contributed by atoms with Gasteiger partial charge in [-0.25, -0.2) is 4.39 Å². The first-order chi connectivity index (χ1) is 15.3. The summed E-state index contributed by atoms with van der Waals surface area (Å²) in [6, 6.07) is 15.6. The first-order valence-electron chi connectivity index (χ1n) is 9.88. The van der Waals surface area contributed by atoms with Crippen LogP contribution < -0.4 is 16.0 Å². The number of nitrogens with one attached hydrogen (secondary N) is 3. The normalized spacial score (nSPS) is 15.7. The lowest BCUT2D eigenvalue weighted by Gasteiger charge is -2.28. The van der Waals surface area contributed by atoms with Gasteiger partial charge in [-0.1, -0.05) is 24.3 Å². The minimum atomic E-state index is -0.616. The standard InChI is InChI=1S/C24H20FN3O3S/c1-13-21(23(30)27-18-9-7-17(25)8-10-18)22(28-24(32)26-13)20-12-11-19(31-20)16-5-3-15(4-6-16)14(2)29/h3-12,22H,1-2H3,(H,27,30)(H2,26,28,32)/t22-/m1/s1. The highest BCUT2D eigenvalue weighted by Crippen LogP contribution is 2.32. The summed E-state index contributed by atoms with van der Waals surface area (Å²) in [7, 11) is 0. The van der Waals surface area contributed by atoms with Crippen molar-refractivity contribution >= 4 is 34.7 Å². The molecule has 0 saturated carbocycles.